The van der Waals surface area contributed by atoms with Crippen molar-refractivity contribution in [1.29, 1.82) is 0 Å². The number of sulfonamides is 1. The number of carbonyl (C=O) groups excluding carboxylic acids is 1. The number of amides is 1. The molecule has 0 spiro atoms. The average molecular weight is 401 g/mol. The van der Waals surface area contributed by atoms with Crippen LogP contribution < -0.4 is 5.32 Å². The van der Waals surface area contributed by atoms with Gasteiger partial charge in [-0.05, 0) is 80.5 Å². The second-order valence-electron chi connectivity index (χ2n) is 7.89. The summed E-state index contributed by atoms with van der Waals surface area (Å²) in [6, 6.07) is 10.6. The van der Waals surface area contributed by atoms with Gasteiger partial charge in [0.15, 0.2) is 0 Å². The molecule has 1 aliphatic heterocycles. The molecule has 0 bridgehead atoms. The van der Waals surface area contributed by atoms with Crippen molar-refractivity contribution < 1.29 is 13.2 Å². The third-order valence-electron chi connectivity index (χ3n) is 5.31. The third kappa shape index (κ3) is 4.45. The van der Waals surface area contributed by atoms with Crippen molar-refractivity contribution in [2.24, 2.45) is 5.92 Å². The van der Waals surface area contributed by atoms with Gasteiger partial charge in [-0.1, -0.05) is 19.1 Å². The molecule has 150 valence electrons. The molecule has 3 rings (SSSR count). The van der Waals surface area contributed by atoms with Crippen LogP contribution in [0.3, 0.4) is 0 Å². The summed E-state index contributed by atoms with van der Waals surface area (Å²) in [6.45, 7) is 8.96. The van der Waals surface area contributed by atoms with Crippen molar-refractivity contribution in [3.8, 4) is 0 Å². The van der Waals surface area contributed by atoms with Crippen molar-refractivity contribution in [3.63, 3.8) is 0 Å². The number of aryl methyl sites for hydroxylation is 3. The van der Waals surface area contributed by atoms with Crippen LogP contribution in [0, 0.1) is 26.7 Å². The summed E-state index contributed by atoms with van der Waals surface area (Å²) in [4.78, 5) is 13.0. The first kappa shape index (κ1) is 20.6. The van der Waals surface area contributed by atoms with Crippen LogP contribution in [0.2, 0.25) is 0 Å². The predicted molar refractivity (Wildman–Crippen MR) is 112 cm³/mol. The van der Waals surface area contributed by atoms with E-state index in [0.717, 1.165) is 29.5 Å². The number of carbonyl (C=O) groups is 1. The number of benzene rings is 2. The van der Waals surface area contributed by atoms with Gasteiger partial charge in [-0.2, -0.15) is 4.31 Å². The minimum Gasteiger partial charge on any atom is -0.322 e. The van der Waals surface area contributed by atoms with Crippen molar-refractivity contribution in [2.45, 2.75) is 45.4 Å². The molecule has 1 heterocycles. The summed E-state index contributed by atoms with van der Waals surface area (Å²) < 4.78 is 27.6. The minimum atomic E-state index is -3.59. The first-order valence-electron chi connectivity index (χ1n) is 9.67. The Morgan fingerprint density at radius 3 is 2.21 bits per heavy atom. The summed E-state index contributed by atoms with van der Waals surface area (Å²) in [5.74, 6) is 0.246. The lowest BCUT2D eigenvalue weighted by atomic mass is 10.0. The van der Waals surface area contributed by atoms with Crippen LogP contribution in [0.1, 0.15) is 46.8 Å². The smallest absolute Gasteiger partial charge is 0.255 e. The van der Waals surface area contributed by atoms with E-state index in [4.69, 9.17) is 0 Å². The fourth-order valence-electron chi connectivity index (χ4n) is 3.63. The van der Waals surface area contributed by atoms with Gasteiger partial charge >= 0.3 is 0 Å². The van der Waals surface area contributed by atoms with Crippen LogP contribution in [0.25, 0.3) is 0 Å². The largest absolute Gasteiger partial charge is 0.322 e. The van der Waals surface area contributed by atoms with Crippen LogP contribution in [0.15, 0.2) is 41.3 Å². The Bertz CT molecular complexity index is 971. The zero-order valence-corrected chi connectivity index (χ0v) is 17.8. The van der Waals surface area contributed by atoms with Crippen LogP contribution >= 0.6 is 0 Å². The first-order valence-corrected chi connectivity index (χ1v) is 11.1. The lowest BCUT2D eigenvalue weighted by Crippen LogP contribution is -2.38. The van der Waals surface area contributed by atoms with Gasteiger partial charge < -0.3 is 5.32 Å². The quantitative estimate of drug-likeness (QED) is 0.833. The van der Waals surface area contributed by atoms with Crippen molar-refractivity contribution in [3.05, 3.63) is 58.7 Å². The lowest BCUT2D eigenvalue weighted by molar-refractivity contribution is 0.102. The van der Waals surface area contributed by atoms with E-state index in [2.05, 4.69) is 12.2 Å². The van der Waals surface area contributed by atoms with E-state index in [0.29, 0.717) is 30.3 Å². The van der Waals surface area contributed by atoms with Gasteiger partial charge in [-0.3, -0.25) is 4.79 Å². The van der Waals surface area contributed by atoms with Gasteiger partial charge in [-0.25, -0.2) is 8.42 Å². The summed E-state index contributed by atoms with van der Waals surface area (Å²) in [6.07, 6.45) is 1.73. The molecule has 0 unspecified atom stereocenters. The molecule has 0 aromatic heterocycles. The minimum absolute atomic E-state index is 0.179. The van der Waals surface area contributed by atoms with Crippen LogP contribution in [0.4, 0.5) is 5.69 Å². The second-order valence-corrected chi connectivity index (χ2v) is 9.83. The second kappa shape index (κ2) is 8.05. The van der Waals surface area contributed by atoms with Crippen LogP contribution in [0.5, 0.6) is 0 Å². The molecule has 1 aliphatic rings. The standard InChI is InChI=1S/C22H28N2O3S/c1-15-7-9-24(10-8-15)28(26,27)20-6-5-18(4)21(14-20)22(25)23-19-12-16(2)11-17(3)13-19/h5-6,11-15H,7-10H2,1-4H3,(H,23,25). The summed E-state index contributed by atoms with van der Waals surface area (Å²) in [5, 5.41) is 2.90. The topological polar surface area (TPSA) is 66.5 Å². The highest BCUT2D eigenvalue weighted by Gasteiger charge is 2.29. The van der Waals surface area contributed by atoms with Crippen LogP contribution in [-0.4, -0.2) is 31.7 Å². The number of nitrogens with zero attached hydrogens (tertiary/aromatic N) is 1. The Balaban J connectivity index is 1.87. The molecule has 1 fully saturated rings. The molecule has 2 aromatic rings. The Kier molecular flexibility index (Phi) is 5.91. The van der Waals surface area contributed by atoms with Gasteiger partial charge in [-0.15, -0.1) is 0 Å². The van der Waals surface area contributed by atoms with Crippen molar-refractivity contribution in [1.82, 2.24) is 4.31 Å². The fraction of sp³-hybridized carbons (Fsp3) is 0.409. The molecule has 5 nitrogen and oxygen atoms in total. The van der Waals surface area contributed by atoms with Gasteiger partial charge in [0.1, 0.15) is 0 Å². The SMILES string of the molecule is Cc1cc(C)cc(NC(=O)c2cc(S(=O)(=O)N3CCC(C)CC3)ccc2C)c1. The maximum Gasteiger partial charge on any atom is 0.255 e. The van der Waals surface area contributed by atoms with E-state index < -0.39 is 10.0 Å². The molecule has 0 radical (unpaired) electrons. The highest BCUT2D eigenvalue weighted by Crippen LogP contribution is 2.25. The molecule has 0 saturated carbocycles. The highest BCUT2D eigenvalue weighted by atomic mass is 32.2. The molecule has 1 N–H and O–H groups in total. The molecule has 1 amide bonds. The van der Waals surface area contributed by atoms with E-state index in [1.165, 1.54) is 10.4 Å². The van der Waals surface area contributed by atoms with Crippen molar-refractivity contribution in [2.75, 3.05) is 18.4 Å². The third-order valence-corrected chi connectivity index (χ3v) is 7.21. The van der Waals surface area contributed by atoms with Gasteiger partial charge in [0.2, 0.25) is 10.0 Å². The van der Waals surface area contributed by atoms with E-state index in [1.807, 2.05) is 39.0 Å². The normalized spacial score (nSPS) is 16.1. The lowest BCUT2D eigenvalue weighted by Gasteiger charge is -2.29. The molecule has 0 atom stereocenters. The number of rotatable bonds is 4. The Hall–Kier alpha value is -2.18. The average Bonchev–Trinajstić information content (AvgIpc) is 2.61. The number of anilines is 1. The Morgan fingerprint density at radius 2 is 1.61 bits per heavy atom. The molecule has 1 saturated heterocycles. The van der Waals surface area contributed by atoms with Crippen LogP contribution in [-0.2, 0) is 10.0 Å². The number of piperidine rings is 1. The maximum atomic E-state index is 13.0. The predicted octanol–water partition coefficient (Wildman–Crippen LogP) is 4.28. The summed E-state index contributed by atoms with van der Waals surface area (Å²) in [5.41, 5.74) is 3.95. The van der Waals surface area contributed by atoms with E-state index >= 15 is 0 Å². The molecule has 28 heavy (non-hydrogen) atoms. The van der Waals surface area contributed by atoms with Gasteiger partial charge in [0.25, 0.3) is 5.91 Å². The monoisotopic (exact) mass is 400 g/mol. The molecule has 6 heteroatoms. The molecular formula is C22H28N2O3S. The van der Waals surface area contributed by atoms with E-state index in [-0.39, 0.29) is 10.8 Å². The zero-order chi connectivity index (χ0) is 20.5. The Labute approximate surface area is 167 Å². The molecular weight excluding hydrogens is 372 g/mol. The number of hydrogen-bond acceptors (Lipinski definition) is 3. The maximum absolute atomic E-state index is 13.0. The summed E-state index contributed by atoms with van der Waals surface area (Å²) in [7, 11) is -3.59. The Morgan fingerprint density at radius 1 is 1.00 bits per heavy atom. The number of hydrogen-bond donors (Lipinski definition) is 1. The van der Waals surface area contributed by atoms with Crippen molar-refractivity contribution >= 4 is 21.6 Å². The molecule has 2 aromatic carbocycles. The highest BCUT2D eigenvalue weighted by molar-refractivity contribution is 7.89. The van der Waals surface area contributed by atoms with Gasteiger partial charge in [0, 0.05) is 24.3 Å². The zero-order valence-electron chi connectivity index (χ0n) is 17.0. The summed E-state index contributed by atoms with van der Waals surface area (Å²) >= 11 is 0. The number of nitrogens with one attached hydrogen (secondary N) is 1. The van der Waals surface area contributed by atoms with Gasteiger partial charge in [0.05, 0.1) is 4.90 Å². The fourth-order valence-corrected chi connectivity index (χ4v) is 5.12. The molecule has 0 aliphatic carbocycles. The van der Waals surface area contributed by atoms with E-state index in [1.54, 1.807) is 12.1 Å². The van der Waals surface area contributed by atoms with E-state index in [9.17, 15) is 13.2 Å². The first-order chi connectivity index (χ1) is 13.2.